The zero-order valence-corrected chi connectivity index (χ0v) is 12.9. The van der Waals surface area contributed by atoms with Gasteiger partial charge in [0, 0.05) is 6.42 Å². The Morgan fingerprint density at radius 3 is 1.53 bits per heavy atom. The zero-order valence-electron chi connectivity index (χ0n) is 10.1. The van der Waals surface area contributed by atoms with Gasteiger partial charge in [0.2, 0.25) is 0 Å². The van der Waals surface area contributed by atoms with Gasteiger partial charge in [-0.15, -0.1) is 0 Å². The van der Waals surface area contributed by atoms with E-state index in [0.29, 0.717) is 0 Å². The van der Waals surface area contributed by atoms with Crippen LogP contribution in [0.25, 0.3) is 0 Å². The molecule has 0 unspecified atom stereocenters. The topological polar surface area (TPSA) is 224 Å². The third kappa shape index (κ3) is 6.74. The first-order valence-corrected chi connectivity index (χ1v) is 6.82. The summed E-state index contributed by atoms with van der Waals surface area (Å²) in [5, 5.41) is 5.91. The van der Waals surface area contributed by atoms with Crippen molar-refractivity contribution in [3.63, 3.8) is 0 Å². The van der Waals surface area contributed by atoms with E-state index in [9.17, 15) is 14.2 Å². The molecule has 0 aromatic carbocycles. The summed E-state index contributed by atoms with van der Waals surface area (Å²) in [6.45, 7) is -0.0394. The molecule has 0 radical (unpaired) electrons. The Morgan fingerprint density at radius 1 is 1.06 bits per heavy atom. The van der Waals surface area contributed by atoms with Gasteiger partial charge < -0.3 is 42.8 Å². The molecule has 0 spiro atoms. The standard InChI is InChI=1S/C4H13NO7P2.Na.2H2O.H/c5-3-1-2-4(6,13(7,8)9)14(10,11)12;;;;/h6H,1-3,5H2,(H2,7,8,9)(H2,10,11,12);;2*1H2;/q;+1;;;-1. The van der Waals surface area contributed by atoms with Gasteiger partial charge in [0.25, 0.3) is 5.08 Å². The number of rotatable bonds is 5. The molecular weight excluding hydrogens is 291 g/mol. The van der Waals surface area contributed by atoms with Gasteiger partial charge in [-0.25, -0.2) is 0 Å². The second kappa shape index (κ2) is 9.11. The average Bonchev–Trinajstić information content (AvgIpc) is 1.95. The van der Waals surface area contributed by atoms with Gasteiger partial charge in [0.15, 0.2) is 0 Å². The number of nitrogens with two attached hydrogens (primary N) is 1. The summed E-state index contributed by atoms with van der Waals surface area (Å²) >= 11 is 0. The first-order chi connectivity index (χ1) is 6.06. The number of hydrogen-bond donors (Lipinski definition) is 6. The van der Waals surface area contributed by atoms with E-state index in [0.717, 1.165) is 0 Å². The third-order valence-electron chi connectivity index (χ3n) is 1.65. The summed E-state index contributed by atoms with van der Waals surface area (Å²) in [6, 6.07) is 0. The minimum absolute atomic E-state index is 0. The van der Waals surface area contributed by atoms with Crippen LogP contribution in [0.15, 0.2) is 0 Å². The quantitative estimate of drug-likeness (QED) is 0.211. The average molecular weight is 309 g/mol. The van der Waals surface area contributed by atoms with Gasteiger partial charge in [0.05, 0.1) is 0 Å². The molecule has 0 saturated carbocycles. The molecule has 0 heterocycles. The van der Waals surface area contributed by atoms with E-state index >= 15 is 0 Å². The van der Waals surface area contributed by atoms with Crippen molar-refractivity contribution in [2.75, 3.05) is 6.54 Å². The molecule has 0 rings (SSSR count). The molecule has 0 atom stereocenters. The van der Waals surface area contributed by atoms with Crippen LogP contribution in [0.5, 0.6) is 0 Å². The fourth-order valence-electron chi connectivity index (χ4n) is 0.800. The van der Waals surface area contributed by atoms with Crippen LogP contribution in [-0.2, 0) is 9.13 Å². The molecule has 0 aromatic rings. The molecule has 0 aliphatic carbocycles. The molecule has 0 fully saturated rings. The molecular formula is C4H18NNaO9P2. The maximum absolute atomic E-state index is 10.7. The van der Waals surface area contributed by atoms with Crippen molar-refractivity contribution in [1.29, 1.82) is 0 Å². The molecule has 0 saturated heterocycles. The van der Waals surface area contributed by atoms with Crippen molar-refractivity contribution in [2.24, 2.45) is 5.73 Å². The van der Waals surface area contributed by atoms with E-state index in [4.69, 9.17) is 25.3 Å². The Labute approximate surface area is 121 Å². The maximum Gasteiger partial charge on any atom is 1.00 e. The van der Waals surface area contributed by atoms with Crippen molar-refractivity contribution < 1.29 is 75.7 Å². The van der Waals surface area contributed by atoms with E-state index in [1.807, 2.05) is 0 Å². The van der Waals surface area contributed by atoms with Crippen molar-refractivity contribution in [3.05, 3.63) is 0 Å². The van der Waals surface area contributed by atoms with E-state index in [2.05, 4.69) is 0 Å². The normalized spacial score (nSPS) is 11.9. The second-order valence-electron chi connectivity index (χ2n) is 2.75. The van der Waals surface area contributed by atoms with Crippen LogP contribution < -0.4 is 35.3 Å². The monoisotopic (exact) mass is 309 g/mol. The van der Waals surface area contributed by atoms with Crippen LogP contribution in [0.1, 0.15) is 14.3 Å². The second-order valence-corrected chi connectivity index (χ2v) is 6.76. The van der Waals surface area contributed by atoms with E-state index in [-0.39, 0.29) is 54.9 Å². The van der Waals surface area contributed by atoms with Crippen LogP contribution in [0.3, 0.4) is 0 Å². The van der Waals surface area contributed by atoms with Gasteiger partial charge in [-0.05, 0) is 13.0 Å². The molecule has 0 bridgehead atoms. The first kappa shape index (κ1) is 26.7. The van der Waals surface area contributed by atoms with Crippen LogP contribution in [-0.4, -0.2) is 47.3 Å². The van der Waals surface area contributed by atoms with Crippen LogP contribution >= 0.6 is 15.2 Å². The summed E-state index contributed by atoms with van der Waals surface area (Å²) in [7, 11) is -10.6. The van der Waals surface area contributed by atoms with Crippen molar-refractivity contribution in [2.45, 2.75) is 17.9 Å². The van der Waals surface area contributed by atoms with Crippen LogP contribution in [0.2, 0.25) is 0 Å². The Balaban J connectivity index is -0.000000141. The van der Waals surface area contributed by atoms with E-state index in [1.54, 1.807) is 0 Å². The Bertz CT molecular complexity index is 270. The SMILES string of the molecule is NCCCC(O)(P(=O)(O)O)P(=O)(O)O.O.O.[H-].[Na+]. The fourth-order valence-corrected chi connectivity index (χ4v) is 3.06. The predicted octanol–water partition coefficient (Wildman–Crippen LogP) is -5.81. The molecule has 0 aromatic heterocycles. The number of aliphatic hydroxyl groups is 1. The molecule has 11 N–H and O–H groups in total. The predicted molar refractivity (Wildman–Crippen MR) is 55.7 cm³/mol. The molecule has 17 heavy (non-hydrogen) atoms. The Morgan fingerprint density at radius 2 is 1.35 bits per heavy atom. The van der Waals surface area contributed by atoms with Gasteiger partial charge in [0.1, 0.15) is 0 Å². The molecule has 0 aliphatic rings. The van der Waals surface area contributed by atoms with Gasteiger partial charge in [-0.1, -0.05) is 0 Å². The van der Waals surface area contributed by atoms with Crippen molar-refractivity contribution in [3.8, 4) is 0 Å². The summed E-state index contributed by atoms with van der Waals surface area (Å²) in [4.78, 5) is 34.5. The van der Waals surface area contributed by atoms with Gasteiger partial charge in [-0.3, -0.25) is 9.13 Å². The molecule has 0 amide bonds. The Hall–Kier alpha value is 1.14. The maximum atomic E-state index is 10.7. The molecule has 10 nitrogen and oxygen atoms in total. The minimum Gasteiger partial charge on any atom is -1.00 e. The molecule has 13 heteroatoms. The summed E-state index contributed by atoms with van der Waals surface area (Å²) in [5.41, 5.74) is 5.01. The van der Waals surface area contributed by atoms with Crippen molar-refractivity contribution >= 4 is 15.2 Å². The van der Waals surface area contributed by atoms with Crippen molar-refractivity contribution in [1.82, 2.24) is 0 Å². The van der Waals surface area contributed by atoms with E-state index < -0.39 is 26.7 Å². The Kier molecular flexibility index (Phi) is 14.3. The smallest absolute Gasteiger partial charge is 1.00 e. The summed E-state index contributed by atoms with van der Waals surface area (Å²) < 4.78 is 21.4. The zero-order chi connectivity index (χ0) is 11.6. The van der Waals surface area contributed by atoms with E-state index in [1.165, 1.54) is 0 Å². The van der Waals surface area contributed by atoms with Gasteiger partial charge in [-0.2, -0.15) is 0 Å². The van der Waals surface area contributed by atoms with Crippen LogP contribution in [0, 0.1) is 0 Å². The minimum atomic E-state index is -5.30. The largest absolute Gasteiger partial charge is 1.00 e. The van der Waals surface area contributed by atoms with Gasteiger partial charge >= 0.3 is 44.7 Å². The third-order valence-corrected chi connectivity index (χ3v) is 5.53. The van der Waals surface area contributed by atoms with Crippen LogP contribution in [0.4, 0.5) is 0 Å². The fraction of sp³-hybridized carbons (Fsp3) is 1.00. The summed E-state index contributed by atoms with van der Waals surface area (Å²) in [5.74, 6) is 0. The molecule has 104 valence electrons. The summed E-state index contributed by atoms with van der Waals surface area (Å²) in [6.07, 6.45) is -0.856. The first-order valence-electron chi connectivity index (χ1n) is 3.60. The molecule has 0 aliphatic heterocycles. The number of hydrogen-bond acceptors (Lipinski definition) is 4.